The fourth-order valence-electron chi connectivity index (χ4n) is 1.93. The first-order chi connectivity index (χ1) is 8.58. The van der Waals surface area contributed by atoms with Crippen molar-refractivity contribution in [2.24, 2.45) is 10.8 Å². The van der Waals surface area contributed by atoms with Crippen molar-refractivity contribution in [2.45, 2.75) is 54.9 Å². The van der Waals surface area contributed by atoms with Gasteiger partial charge in [0.05, 0.1) is 0 Å². The Morgan fingerprint density at radius 3 is 2.11 bits per heavy atom. The Kier molecular flexibility index (Phi) is 7.81. The van der Waals surface area contributed by atoms with E-state index < -0.39 is 0 Å². The normalized spacial score (nSPS) is 14.7. The summed E-state index contributed by atoms with van der Waals surface area (Å²) in [5.41, 5.74) is 3.59. The van der Waals surface area contributed by atoms with Crippen LogP contribution in [0.2, 0.25) is 0 Å². The van der Waals surface area contributed by atoms with Crippen LogP contribution in [0.4, 0.5) is 0 Å². The maximum Gasteiger partial charge on any atom is -0.00186 e. The average molecular weight is 281 g/mol. The third-order valence-electron chi connectivity index (χ3n) is 2.82. The first-order valence-corrected chi connectivity index (χ1v) is 8.30. The second-order valence-corrected chi connectivity index (χ2v) is 8.51. The van der Waals surface area contributed by atoms with Gasteiger partial charge in [0.25, 0.3) is 0 Å². The van der Waals surface area contributed by atoms with Crippen LogP contribution in [0, 0.1) is 10.8 Å². The first kappa shape index (κ1) is 18.6. The molecule has 0 aromatic heterocycles. The number of hydrogen-bond donors (Lipinski definition) is 0. The molecule has 0 bridgehead atoms. The molecule has 0 heterocycles. The van der Waals surface area contributed by atoms with Gasteiger partial charge in [-0.2, -0.15) is 11.8 Å². The Morgan fingerprint density at radius 1 is 1.11 bits per heavy atom. The van der Waals surface area contributed by atoms with Crippen molar-refractivity contribution in [1.29, 1.82) is 0 Å². The van der Waals surface area contributed by atoms with Gasteiger partial charge in [-0.1, -0.05) is 71.9 Å². The van der Waals surface area contributed by atoms with E-state index in [0.29, 0.717) is 5.41 Å². The van der Waals surface area contributed by atoms with Crippen molar-refractivity contribution in [3.05, 3.63) is 36.0 Å². The Morgan fingerprint density at radius 2 is 1.68 bits per heavy atom. The van der Waals surface area contributed by atoms with Crippen LogP contribution < -0.4 is 0 Å². The van der Waals surface area contributed by atoms with Crippen LogP contribution in [0.15, 0.2) is 36.0 Å². The number of allylic oxidation sites excluding steroid dienone is 5. The summed E-state index contributed by atoms with van der Waals surface area (Å²) in [6.07, 6.45) is 7.30. The zero-order chi connectivity index (χ0) is 15.1. The molecule has 0 spiro atoms. The minimum absolute atomic E-state index is 0.207. The molecule has 0 aliphatic carbocycles. The highest BCUT2D eigenvalue weighted by molar-refractivity contribution is 7.99. The summed E-state index contributed by atoms with van der Waals surface area (Å²) >= 11 is 2.06. The molecular weight excluding hydrogens is 248 g/mol. The molecule has 1 heteroatoms. The van der Waals surface area contributed by atoms with Gasteiger partial charge in [0, 0.05) is 0 Å². The summed E-state index contributed by atoms with van der Waals surface area (Å²) in [4.78, 5) is 0. The van der Waals surface area contributed by atoms with Gasteiger partial charge in [-0.25, -0.2) is 0 Å². The molecule has 0 rings (SSSR count). The quantitative estimate of drug-likeness (QED) is 0.408. The molecular formula is C18H32S. The fraction of sp³-hybridized carbons (Fsp3) is 0.667. The molecule has 0 saturated heterocycles. The molecule has 0 N–H and O–H groups in total. The smallest absolute Gasteiger partial charge is 0.00186 e. The Bertz CT molecular complexity index is 332. The lowest BCUT2D eigenvalue weighted by Gasteiger charge is -2.24. The van der Waals surface area contributed by atoms with Gasteiger partial charge < -0.3 is 0 Å². The largest absolute Gasteiger partial charge is 0.161 e. The SMILES string of the molecule is C=C/C=C\C(=C(/C)CCSCC(C)(C)C)C(C)(C)C. The maximum atomic E-state index is 3.76. The average Bonchev–Trinajstić information content (AvgIpc) is 2.21. The molecule has 0 aromatic carbocycles. The van der Waals surface area contributed by atoms with Gasteiger partial charge in [0.1, 0.15) is 0 Å². The summed E-state index contributed by atoms with van der Waals surface area (Å²) in [5.74, 6) is 2.44. The molecule has 0 aliphatic heterocycles. The van der Waals surface area contributed by atoms with Crippen LogP contribution in [-0.2, 0) is 0 Å². The highest BCUT2D eigenvalue weighted by Gasteiger charge is 2.17. The summed E-state index contributed by atoms with van der Waals surface area (Å²) in [6, 6.07) is 0. The van der Waals surface area contributed by atoms with Crippen molar-refractivity contribution in [1.82, 2.24) is 0 Å². The standard InChI is InChI=1S/C18H32S/c1-9-10-11-16(18(6,7)8)15(2)12-13-19-14-17(3,4)5/h9-11H,1,12-14H2,2-8H3/b11-10-,16-15-. The van der Waals surface area contributed by atoms with Gasteiger partial charge in [-0.05, 0) is 41.3 Å². The van der Waals surface area contributed by atoms with E-state index in [1.54, 1.807) is 0 Å². The molecule has 0 saturated carbocycles. The Balaban J connectivity index is 4.60. The van der Waals surface area contributed by atoms with Crippen molar-refractivity contribution >= 4 is 11.8 Å². The number of hydrogen-bond acceptors (Lipinski definition) is 1. The lowest BCUT2D eigenvalue weighted by molar-refractivity contribution is 0.480. The molecule has 110 valence electrons. The van der Waals surface area contributed by atoms with Crippen molar-refractivity contribution in [3.8, 4) is 0 Å². The van der Waals surface area contributed by atoms with Gasteiger partial charge in [-0.15, -0.1) is 0 Å². The topological polar surface area (TPSA) is 0 Å². The molecule has 19 heavy (non-hydrogen) atoms. The highest BCUT2D eigenvalue weighted by Crippen LogP contribution is 2.31. The Hall–Kier alpha value is -0.430. The lowest BCUT2D eigenvalue weighted by Crippen LogP contribution is -2.11. The van der Waals surface area contributed by atoms with Crippen molar-refractivity contribution in [3.63, 3.8) is 0 Å². The van der Waals surface area contributed by atoms with E-state index in [0.717, 1.165) is 0 Å². The minimum atomic E-state index is 0.207. The van der Waals surface area contributed by atoms with E-state index in [9.17, 15) is 0 Å². The van der Waals surface area contributed by atoms with E-state index in [1.807, 2.05) is 12.2 Å². The number of rotatable bonds is 6. The van der Waals surface area contributed by atoms with Gasteiger partial charge in [0.15, 0.2) is 0 Å². The molecule has 0 radical (unpaired) electrons. The molecule has 0 fully saturated rings. The predicted molar refractivity (Wildman–Crippen MR) is 92.9 cm³/mol. The van der Waals surface area contributed by atoms with E-state index in [-0.39, 0.29) is 5.41 Å². The monoisotopic (exact) mass is 280 g/mol. The van der Waals surface area contributed by atoms with Crippen LogP contribution in [0.5, 0.6) is 0 Å². The summed E-state index contributed by atoms with van der Waals surface area (Å²) in [5, 5.41) is 0. The van der Waals surface area contributed by atoms with Crippen LogP contribution in [0.3, 0.4) is 0 Å². The molecule has 0 nitrogen and oxygen atoms in total. The predicted octanol–water partition coefficient (Wildman–Crippen LogP) is 6.26. The highest BCUT2D eigenvalue weighted by atomic mass is 32.2. The van der Waals surface area contributed by atoms with Crippen LogP contribution in [-0.4, -0.2) is 11.5 Å². The molecule has 0 unspecified atom stereocenters. The van der Waals surface area contributed by atoms with E-state index in [1.165, 1.54) is 29.1 Å². The van der Waals surface area contributed by atoms with Gasteiger partial charge in [0.2, 0.25) is 0 Å². The van der Waals surface area contributed by atoms with Crippen LogP contribution in [0.1, 0.15) is 54.9 Å². The maximum absolute atomic E-state index is 3.76. The minimum Gasteiger partial charge on any atom is -0.161 e. The van der Waals surface area contributed by atoms with E-state index >= 15 is 0 Å². The Labute approximate surface area is 125 Å². The van der Waals surface area contributed by atoms with E-state index in [4.69, 9.17) is 0 Å². The summed E-state index contributed by atoms with van der Waals surface area (Å²) < 4.78 is 0. The lowest BCUT2D eigenvalue weighted by atomic mass is 9.82. The van der Waals surface area contributed by atoms with Crippen molar-refractivity contribution in [2.75, 3.05) is 11.5 Å². The second-order valence-electron chi connectivity index (χ2n) is 7.40. The molecule has 0 aliphatic rings. The zero-order valence-corrected chi connectivity index (χ0v) is 14.8. The molecule has 0 amide bonds. The first-order valence-electron chi connectivity index (χ1n) is 7.15. The third-order valence-corrected chi connectivity index (χ3v) is 4.39. The third kappa shape index (κ3) is 9.15. The van der Waals surface area contributed by atoms with E-state index in [2.05, 4.69) is 72.9 Å². The zero-order valence-electron chi connectivity index (χ0n) is 14.0. The van der Waals surface area contributed by atoms with Gasteiger partial charge in [-0.3, -0.25) is 0 Å². The van der Waals surface area contributed by atoms with Crippen LogP contribution in [0.25, 0.3) is 0 Å². The summed E-state index contributed by atoms with van der Waals surface area (Å²) in [7, 11) is 0. The molecule has 0 aromatic rings. The summed E-state index contributed by atoms with van der Waals surface area (Å²) in [6.45, 7) is 19.8. The van der Waals surface area contributed by atoms with Crippen LogP contribution >= 0.6 is 11.8 Å². The van der Waals surface area contributed by atoms with Crippen molar-refractivity contribution < 1.29 is 0 Å². The second kappa shape index (κ2) is 7.99. The van der Waals surface area contributed by atoms with Gasteiger partial charge >= 0.3 is 0 Å². The molecule has 0 atom stereocenters. The fourth-order valence-corrected chi connectivity index (χ4v) is 3.14. The number of thioether (sulfide) groups is 1.